The molecule has 0 radical (unpaired) electrons. The maximum Gasteiger partial charge on any atom is 0.0468 e. The molecule has 0 unspecified atom stereocenters. The molecule has 0 amide bonds. The fraction of sp³-hybridized carbons (Fsp3) is 0.600. The van der Waals surface area contributed by atoms with Crippen molar-refractivity contribution in [3.63, 3.8) is 0 Å². The van der Waals surface area contributed by atoms with E-state index in [1.165, 1.54) is 30.4 Å². The van der Waals surface area contributed by atoms with Crippen LogP contribution in [0.4, 0.5) is 5.69 Å². The highest BCUT2D eigenvalue weighted by Gasteiger charge is 2.14. The lowest BCUT2D eigenvalue weighted by atomic mass is 9.92. The Labute approximate surface area is 105 Å². The standard InChI is InChI=1S/C13H19NO.C2H6/c1-10-8-12(2-3-13(10)14)9-11-4-6-15-7-5-11;1-2/h2-3,8,11H,4-7,9,14H2,1H3;1-2H3. The van der Waals surface area contributed by atoms with Crippen LogP contribution in [-0.2, 0) is 11.2 Å². The number of ether oxygens (including phenoxy) is 1. The van der Waals surface area contributed by atoms with Crippen molar-refractivity contribution in [3.8, 4) is 0 Å². The van der Waals surface area contributed by atoms with E-state index in [-0.39, 0.29) is 0 Å². The van der Waals surface area contributed by atoms with E-state index in [4.69, 9.17) is 10.5 Å². The van der Waals surface area contributed by atoms with Crippen molar-refractivity contribution in [1.82, 2.24) is 0 Å². The second-order valence-electron chi connectivity index (χ2n) is 4.45. The zero-order valence-electron chi connectivity index (χ0n) is 11.3. The first-order valence-corrected chi connectivity index (χ1v) is 6.68. The highest BCUT2D eigenvalue weighted by Crippen LogP contribution is 2.22. The molecule has 1 aromatic rings. The second kappa shape index (κ2) is 7.33. The molecule has 2 nitrogen and oxygen atoms in total. The van der Waals surface area contributed by atoms with Gasteiger partial charge in [0.1, 0.15) is 0 Å². The van der Waals surface area contributed by atoms with Gasteiger partial charge in [-0.1, -0.05) is 26.0 Å². The van der Waals surface area contributed by atoms with Crippen molar-refractivity contribution in [3.05, 3.63) is 29.3 Å². The summed E-state index contributed by atoms with van der Waals surface area (Å²) in [5, 5.41) is 0. The van der Waals surface area contributed by atoms with Crippen LogP contribution < -0.4 is 5.73 Å². The van der Waals surface area contributed by atoms with Gasteiger partial charge in [0.25, 0.3) is 0 Å². The number of hydrogen-bond donors (Lipinski definition) is 1. The van der Waals surface area contributed by atoms with Crippen LogP contribution in [0.3, 0.4) is 0 Å². The number of benzene rings is 1. The van der Waals surface area contributed by atoms with E-state index in [0.717, 1.165) is 24.8 Å². The first-order valence-electron chi connectivity index (χ1n) is 6.68. The third-order valence-electron chi connectivity index (χ3n) is 3.20. The lowest BCUT2D eigenvalue weighted by molar-refractivity contribution is 0.0665. The van der Waals surface area contributed by atoms with Crippen LogP contribution in [0.2, 0.25) is 0 Å². The molecule has 2 heteroatoms. The third kappa shape index (κ3) is 4.39. The number of anilines is 1. The van der Waals surface area contributed by atoms with Gasteiger partial charge in [-0.3, -0.25) is 0 Å². The predicted molar refractivity (Wildman–Crippen MR) is 74.2 cm³/mol. The summed E-state index contributed by atoms with van der Waals surface area (Å²) in [7, 11) is 0. The molecular formula is C15H25NO. The van der Waals surface area contributed by atoms with Gasteiger partial charge in [0.2, 0.25) is 0 Å². The highest BCUT2D eigenvalue weighted by atomic mass is 16.5. The number of rotatable bonds is 2. The molecule has 0 atom stereocenters. The van der Waals surface area contributed by atoms with Crippen LogP contribution in [0.15, 0.2) is 18.2 Å². The zero-order valence-corrected chi connectivity index (χ0v) is 11.3. The van der Waals surface area contributed by atoms with E-state index in [1.807, 2.05) is 19.9 Å². The Hall–Kier alpha value is -1.02. The molecule has 0 aliphatic carbocycles. The second-order valence-corrected chi connectivity index (χ2v) is 4.45. The molecule has 0 aromatic heterocycles. The van der Waals surface area contributed by atoms with E-state index in [2.05, 4.69) is 19.1 Å². The lowest BCUT2D eigenvalue weighted by Crippen LogP contribution is -2.17. The van der Waals surface area contributed by atoms with E-state index in [1.54, 1.807) is 0 Å². The van der Waals surface area contributed by atoms with Gasteiger partial charge < -0.3 is 10.5 Å². The molecule has 1 aromatic carbocycles. The molecule has 1 saturated heterocycles. The summed E-state index contributed by atoms with van der Waals surface area (Å²) in [6, 6.07) is 6.38. The number of nitrogen functional groups attached to an aromatic ring is 1. The summed E-state index contributed by atoms with van der Waals surface area (Å²) < 4.78 is 5.36. The Balaban J connectivity index is 0.000000686. The topological polar surface area (TPSA) is 35.2 Å². The van der Waals surface area contributed by atoms with Gasteiger partial charge in [-0.25, -0.2) is 0 Å². The van der Waals surface area contributed by atoms with Crippen LogP contribution in [0.1, 0.15) is 37.8 Å². The molecule has 1 aliphatic heterocycles. The zero-order chi connectivity index (χ0) is 12.7. The van der Waals surface area contributed by atoms with Gasteiger partial charge in [-0.15, -0.1) is 0 Å². The molecule has 96 valence electrons. The van der Waals surface area contributed by atoms with Gasteiger partial charge >= 0.3 is 0 Å². The van der Waals surface area contributed by atoms with Crippen LogP contribution >= 0.6 is 0 Å². The van der Waals surface area contributed by atoms with Crippen molar-refractivity contribution in [1.29, 1.82) is 0 Å². The number of hydrogen-bond acceptors (Lipinski definition) is 2. The third-order valence-corrected chi connectivity index (χ3v) is 3.20. The lowest BCUT2D eigenvalue weighted by Gasteiger charge is -2.22. The molecular weight excluding hydrogens is 210 g/mol. The Morgan fingerprint density at radius 3 is 2.47 bits per heavy atom. The van der Waals surface area contributed by atoms with Crippen molar-refractivity contribution in [2.75, 3.05) is 18.9 Å². The summed E-state index contributed by atoms with van der Waals surface area (Å²) >= 11 is 0. The van der Waals surface area contributed by atoms with Gasteiger partial charge in [-0.05, 0) is 49.3 Å². The first kappa shape index (κ1) is 14.0. The Bertz CT molecular complexity index is 330. The number of nitrogens with two attached hydrogens (primary N) is 1. The summed E-state index contributed by atoms with van der Waals surface area (Å²) in [5.41, 5.74) is 9.30. The Morgan fingerprint density at radius 2 is 1.88 bits per heavy atom. The average Bonchev–Trinajstić information content (AvgIpc) is 2.38. The molecule has 2 rings (SSSR count). The first-order chi connectivity index (χ1) is 8.25. The van der Waals surface area contributed by atoms with Gasteiger partial charge in [-0.2, -0.15) is 0 Å². The average molecular weight is 235 g/mol. The summed E-state index contributed by atoms with van der Waals surface area (Å²) in [5.74, 6) is 0.793. The molecule has 17 heavy (non-hydrogen) atoms. The normalized spacial score (nSPS) is 16.2. The van der Waals surface area contributed by atoms with Crippen molar-refractivity contribution in [2.45, 2.75) is 40.0 Å². The molecule has 1 heterocycles. The molecule has 0 saturated carbocycles. The Morgan fingerprint density at radius 1 is 1.24 bits per heavy atom. The van der Waals surface area contributed by atoms with E-state index in [0.29, 0.717) is 0 Å². The fourth-order valence-electron chi connectivity index (χ4n) is 2.15. The van der Waals surface area contributed by atoms with Crippen LogP contribution in [-0.4, -0.2) is 13.2 Å². The molecule has 0 bridgehead atoms. The minimum Gasteiger partial charge on any atom is -0.399 e. The molecule has 1 aliphatic rings. The van der Waals surface area contributed by atoms with Crippen molar-refractivity contribution >= 4 is 5.69 Å². The van der Waals surface area contributed by atoms with Gasteiger partial charge in [0.05, 0.1) is 0 Å². The highest BCUT2D eigenvalue weighted by molar-refractivity contribution is 5.47. The summed E-state index contributed by atoms with van der Waals surface area (Å²) in [4.78, 5) is 0. The van der Waals surface area contributed by atoms with E-state index in [9.17, 15) is 0 Å². The van der Waals surface area contributed by atoms with Gasteiger partial charge in [0, 0.05) is 18.9 Å². The molecule has 1 fully saturated rings. The van der Waals surface area contributed by atoms with E-state index < -0.39 is 0 Å². The maximum absolute atomic E-state index is 5.80. The Kier molecular flexibility index (Phi) is 6.06. The summed E-state index contributed by atoms with van der Waals surface area (Å²) in [6.07, 6.45) is 3.57. The summed E-state index contributed by atoms with van der Waals surface area (Å²) in [6.45, 7) is 7.93. The van der Waals surface area contributed by atoms with Gasteiger partial charge in [0.15, 0.2) is 0 Å². The largest absolute Gasteiger partial charge is 0.399 e. The minimum absolute atomic E-state index is 0.793. The van der Waals surface area contributed by atoms with Crippen LogP contribution in [0.25, 0.3) is 0 Å². The van der Waals surface area contributed by atoms with Crippen molar-refractivity contribution < 1.29 is 4.74 Å². The minimum atomic E-state index is 0.793. The SMILES string of the molecule is CC.Cc1cc(CC2CCOCC2)ccc1N. The number of aryl methyl sites for hydroxylation is 1. The van der Waals surface area contributed by atoms with Crippen LogP contribution in [0, 0.1) is 12.8 Å². The van der Waals surface area contributed by atoms with Crippen molar-refractivity contribution in [2.24, 2.45) is 5.92 Å². The fourth-order valence-corrected chi connectivity index (χ4v) is 2.15. The maximum atomic E-state index is 5.80. The smallest absolute Gasteiger partial charge is 0.0468 e. The van der Waals surface area contributed by atoms with E-state index >= 15 is 0 Å². The molecule has 2 N–H and O–H groups in total. The molecule has 0 spiro atoms. The quantitative estimate of drug-likeness (QED) is 0.795. The monoisotopic (exact) mass is 235 g/mol. The van der Waals surface area contributed by atoms with Crippen LogP contribution in [0.5, 0.6) is 0 Å². The predicted octanol–water partition coefficient (Wildman–Crippen LogP) is 3.57.